The molecule has 0 saturated heterocycles. The van der Waals surface area contributed by atoms with Crippen LogP contribution in [0.5, 0.6) is 5.75 Å². The first-order valence-corrected chi connectivity index (χ1v) is 10.5. The van der Waals surface area contributed by atoms with Crippen molar-refractivity contribution in [2.24, 2.45) is 4.99 Å². The first-order valence-electron chi connectivity index (χ1n) is 10.5. The van der Waals surface area contributed by atoms with Gasteiger partial charge in [-0.15, -0.1) is 6.42 Å². The first kappa shape index (κ1) is 20.9. The normalized spacial score (nSPS) is 14.6. The van der Waals surface area contributed by atoms with Crippen LogP contribution >= 0.6 is 0 Å². The molecule has 1 aromatic carbocycles. The van der Waals surface area contributed by atoms with E-state index in [0.717, 1.165) is 59.6 Å². The Bertz CT molecular complexity index is 922. The lowest BCUT2D eigenvalue weighted by Crippen LogP contribution is -2.05. The van der Waals surface area contributed by atoms with Crippen molar-refractivity contribution in [3.63, 3.8) is 0 Å². The van der Waals surface area contributed by atoms with E-state index in [1.165, 1.54) is 5.56 Å². The van der Waals surface area contributed by atoms with Gasteiger partial charge in [0, 0.05) is 31.9 Å². The summed E-state index contributed by atoms with van der Waals surface area (Å²) in [6.45, 7) is 7.18. The van der Waals surface area contributed by atoms with Gasteiger partial charge >= 0.3 is 0 Å². The molecule has 29 heavy (non-hydrogen) atoms. The van der Waals surface area contributed by atoms with Crippen molar-refractivity contribution in [2.45, 2.75) is 58.5 Å². The second kappa shape index (κ2) is 9.60. The number of pyridine rings is 1. The maximum absolute atomic E-state index is 5.93. The summed E-state index contributed by atoms with van der Waals surface area (Å²) in [5.74, 6) is 4.13. The Morgan fingerprint density at radius 1 is 1.38 bits per heavy atom. The molecule has 3 rings (SSSR count). The van der Waals surface area contributed by atoms with Gasteiger partial charge in [0.05, 0.1) is 11.8 Å². The molecule has 1 aromatic heterocycles. The third kappa shape index (κ3) is 5.38. The van der Waals surface area contributed by atoms with Crippen LogP contribution in [0.4, 0.5) is 5.69 Å². The molecule has 0 aliphatic heterocycles. The molecule has 1 fully saturated rings. The molecule has 1 N–H and O–H groups in total. The summed E-state index contributed by atoms with van der Waals surface area (Å²) >= 11 is 0. The summed E-state index contributed by atoms with van der Waals surface area (Å²) in [4.78, 5) is 9.25. The van der Waals surface area contributed by atoms with Gasteiger partial charge in [0.25, 0.3) is 0 Å². The molecule has 1 unspecified atom stereocenters. The van der Waals surface area contributed by atoms with Crippen molar-refractivity contribution >= 4 is 11.9 Å². The molecular weight excluding hydrogens is 358 g/mol. The zero-order valence-electron chi connectivity index (χ0n) is 18.0. The highest BCUT2D eigenvalue weighted by molar-refractivity contribution is 5.82. The Kier molecular flexibility index (Phi) is 6.93. The summed E-state index contributed by atoms with van der Waals surface area (Å²) in [6.07, 6.45) is 12.1. The van der Waals surface area contributed by atoms with Gasteiger partial charge in [0.15, 0.2) is 0 Å². The van der Waals surface area contributed by atoms with Gasteiger partial charge in [-0.05, 0) is 79.0 Å². The Balaban J connectivity index is 1.66. The Morgan fingerprint density at radius 3 is 2.83 bits per heavy atom. The number of rotatable bonds is 9. The van der Waals surface area contributed by atoms with Crippen LogP contribution in [0.25, 0.3) is 0 Å². The molecule has 4 nitrogen and oxygen atoms in total. The number of terminal acetylenes is 1. The number of nitrogens with one attached hydrogen (secondary N) is 1. The van der Waals surface area contributed by atoms with Gasteiger partial charge in [-0.1, -0.05) is 13.8 Å². The third-order valence-corrected chi connectivity index (χ3v) is 5.47. The smallest absolute Gasteiger partial charge is 0.142 e. The minimum atomic E-state index is 0.386. The number of benzene rings is 1. The van der Waals surface area contributed by atoms with Gasteiger partial charge in [-0.3, -0.25) is 4.99 Å². The molecule has 1 atom stereocenters. The molecule has 4 heteroatoms. The fourth-order valence-corrected chi connectivity index (χ4v) is 3.33. The maximum atomic E-state index is 5.93. The van der Waals surface area contributed by atoms with Crippen molar-refractivity contribution in [2.75, 3.05) is 18.9 Å². The van der Waals surface area contributed by atoms with Crippen molar-refractivity contribution in [3.8, 4) is 18.1 Å². The molecule has 152 valence electrons. The number of hydrogen-bond acceptors (Lipinski definition) is 4. The number of ether oxygens (including phenoxy) is 1. The van der Waals surface area contributed by atoms with Crippen LogP contribution in [0.15, 0.2) is 29.3 Å². The molecule has 0 spiro atoms. The van der Waals surface area contributed by atoms with Crippen LogP contribution in [0, 0.1) is 19.3 Å². The Labute approximate surface area is 174 Å². The fraction of sp³-hybridized carbons (Fsp3) is 0.440. The predicted octanol–water partition coefficient (Wildman–Crippen LogP) is 5.13. The van der Waals surface area contributed by atoms with E-state index < -0.39 is 0 Å². The minimum absolute atomic E-state index is 0.386. The van der Waals surface area contributed by atoms with E-state index in [2.05, 4.69) is 54.1 Å². The standard InChI is InChI=1S/C25H31N3O/c1-6-17(3)22-15-20(28-23(7-2)18(22)4)12-13-27-16-19-8-11-25(24(14-19)26-5)29-21-9-10-21/h2,8,11,14-17,21,26H,6,9-10,12-13H2,1,3-5H3. The highest BCUT2D eigenvalue weighted by Crippen LogP contribution is 2.32. The summed E-state index contributed by atoms with van der Waals surface area (Å²) in [5.41, 5.74) is 6.25. The Morgan fingerprint density at radius 2 is 2.17 bits per heavy atom. The predicted molar refractivity (Wildman–Crippen MR) is 121 cm³/mol. The maximum Gasteiger partial charge on any atom is 0.142 e. The van der Waals surface area contributed by atoms with E-state index in [1.807, 2.05) is 25.4 Å². The van der Waals surface area contributed by atoms with Crippen LogP contribution in [0.1, 0.15) is 67.1 Å². The summed E-state index contributed by atoms with van der Waals surface area (Å²) in [5, 5.41) is 3.21. The highest BCUT2D eigenvalue weighted by atomic mass is 16.5. The SMILES string of the molecule is C#Cc1nc(CCN=Cc2ccc(OC3CC3)c(NC)c2)cc(C(C)CC)c1C. The van der Waals surface area contributed by atoms with Gasteiger partial charge in [0.2, 0.25) is 0 Å². The molecule has 0 amide bonds. The second-order valence-corrected chi connectivity index (χ2v) is 7.74. The van der Waals surface area contributed by atoms with Gasteiger partial charge in [-0.2, -0.15) is 0 Å². The van der Waals surface area contributed by atoms with Crippen LogP contribution in [0.2, 0.25) is 0 Å². The van der Waals surface area contributed by atoms with E-state index in [-0.39, 0.29) is 0 Å². The van der Waals surface area contributed by atoms with Gasteiger partial charge in [-0.25, -0.2) is 4.98 Å². The van der Waals surface area contributed by atoms with Crippen molar-refractivity contribution in [3.05, 3.63) is 52.3 Å². The lowest BCUT2D eigenvalue weighted by molar-refractivity contribution is 0.304. The number of hydrogen-bond donors (Lipinski definition) is 1. The molecule has 1 saturated carbocycles. The quantitative estimate of drug-likeness (QED) is 0.478. The molecular formula is C25H31N3O. The van der Waals surface area contributed by atoms with E-state index >= 15 is 0 Å². The van der Waals surface area contributed by atoms with Crippen LogP contribution in [-0.4, -0.2) is 30.9 Å². The van der Waals surface area contributed by atoms with E-state index in [1.54, 1.807) is 0 Å². The fourth-order valence-electron chi connectivity index (χ4n) is 3.33. The zero-order chi connectivity index (χ0) is 20.8. The molecule has 0 bridgehead atoms. The molecule has 1 heterocycles. The lowest BCUT2D eigenvalue weighted by Gasteiger charge is -2.15. The third-order valence-electron chi connectivity index (χ3n) is 5.47. The highest BCUT2D eigenvalue weighted by Gasteiger charge is 2.24. The van der Waals surface area contributed by atoms with Gasteiger partial charge < -0.3 is 10.1 Å². The monoisotopic (exact) mass is 389 g/mol. The lowest BCUT2D eigenvalue weighted by atomic mass is 9.93. The number of nitrogens with zero attached hydrogens (tertiary/aromatic N) is 2. The number of aromatic nitrogens is 1. The molecule has 2 aromatic rings. The van der Waals surface area contributed by atoms with Crippen molar-refractivity contribution < 1.29 is 4.74 Å². The van der Waals surface area contributed by atoms with Crippen molar-refractivity contribution in [1.29, 1.82) is 0 Å². The van der Waals surface area contributed by atoms with Gasteiger partial charge in [0.1, 0.15) is 11.4 Å². The average Bonchev–Trinajstić information content (AvgIpc) is 3.56. The van der Waals surface area contributed by atoms with Crippen LogP contribution in [-0.2, 0) is 6.42 Å². The second-order valence-electron chi connectivity index (χ2n) is 7.74. The molecule has 1 aliphatic rings. The van der Waals surface area contributed by atoms with Crippen LogP contribution in [0.3, 0.4) is 0 Å². The largest absolute Gasteiger partial charge is 0.488 e. The van der Waals surface area contributed by atoms with Crippen LogP contribution < -0.4 is 10.1 Å². The summed E-state index contributed by atoms with van der Waals surface area (Å²) < 4.78 is 5.93. The first-order chi connectivity index (χ1) is 14.0. The van der Waals surface area contributed by atoms with E-state index in [0.29, 0.717) is 18.6 Å². The number of aliphatic imine (C=N–C) groups is 1. The van der Waals surface area contributed by atoms with E-state index in [9.17, 15) is 0 Å². The Hall–Kier alpha value is -2.80. The van der Waals surface area contributed by atoms with E-state index in [4.69, 9.17) is 11.2 Å². The molecule has 0 radical (unpaired) electrons. The topological polar surface area (TPSA) is 46.5 Å². The molecule has 1 aliphatic carbocycles. The number of anilines is 1. The minimum Gasteiger partial charge on any atom is -0.488 e. The zero-order valence-corrected chi connectivity index (χ0v) is 18.0. The summed E-state index contributed by atoms with van der Waals surface area (Å²) in [7, 11) is 1.91. The van der Waals surface area contributed by atoms with Crippen molar-refractivity contribution in [1.82, 2.24) is 4.98 Å². The summed E-state index contributed by atoms with van der Waals surface area (Å²) in [6, 6.07) is 8.33. The average molecular weight is 390 g/mol.